The number of anilines is 1. The van der Waals surface area contributed by atoms with Gasteiger partial charge in [-0.25, -0.2) is 0 Å². The Kier molecular flexibility index (Phi) is 6.76. The van der Waals surface area contributed by atoms with Gasteiger partial charge in [0.1, 0.15) is 0 Å². The van der Waals surface area contributed by atoms with Gasteiger partial charge in [0.25, 0.3) is 0 Å². The molecule has 0 saturated heterocycles. The molecule has 0 bridgehead atoms. The molecular formula is C14H21ClN2O. The minimum atomic E-state index is 0.0441. The summed E-state index contributed by atoms with van der Waals surface area (Å²) < 4.78 is 0. The average Bonchev–Trinajstić information content (AvgIpc) is 2.34. The van der Waals surface area contributed by atoms with Crippen LogP contribution in [0.1, 0.15) is 37.7 Å². The van der Waals surface area contributed by atoms with Gasteiger partial charge in [-0.05, 0) is 44.0 Å². The Morgan fingerprint density at radius 1 is 1.28 bits per heavy atom. The third-order valence-corrected chi connectivity index (χ3v) is 3.22. The van der Waals surface area contributed by atoms with E-state index in [4.69, 9.17) is 17.3 Å². The summed E-state index contributed by atoms with van der Waals surface area (Å²) in [6, 6.07) is 5.55. The number of hydrogen-bond donors (Lipinski definition) is 2. The molecule has 0 aliphatic heterocycles. The number of benzene rings is 1. The normalized spacial score (nSPS) is 10.4. The molecule has 4 heteroatoms. The summed E-state index contributed by atoms with van der Waals surface area (Å²) in [5.41, 5.74) is 7.18. The molecule has 3 N–H and O–H groups in total. The highest BCUT2D eigenvalue weighted by molar-refractivity contribution is 6.31. The van der Waals surface area contributed by atoms with Crippen LogP contribution in [0.4, 0.5) is 5.69 Å². The van der Waals surface area contributed by atoms with Crippen LogP contribution in [-0.4, -0.2) is 12.5 Å². The molecule has 0 atom stereocenters. The van der Waals surface area contributed by atoms with E-state index < -0.39 is 0 Å². The average molecular weight is 269 g/mol. The summed E-state index contributed by atoms with van der Waals surface area (Å²) in [6.45, 7) is 2.67. The Hall–Kier alpha value is -1.06. The largest absolute Gasteiger partial charge is 0.330 e. The second-order valence-electron chi connectivity index (χ2n) is 4.47. The van der Waals surface area contributed by atoms with Gasteiger partial charge in [-0.15, -0.1) is 0 Å². The SMILES string of the molecule is Cc1ccc(NC(=O)CCCCCCN)cc1Cl. The summed E-state index contributed by atoms with van der Waals surface area (Å²) in [7, 11) is 0. The van der Waals surface area contributed by atoms with Gasteiger partial charge in [0.15, 0.2) is 0 Å². The van der Waals surface area contributed by atoms with Crippen molar-refractivity contribution < 1.29 is 4.79 Å². The summed E-state index contributed by atoms with van der Waals surface area (Å²) >= 11 is 6.00. The number of unbranched alkanes of at least 4 members (excludes halogenated alkanes) is 3. The van der Waals surface area contributed by atoms with E-state index in [1.165, 1.54) is 0 Å². The van der Waals surface area contributed by atoms with Crippen molar-refractivity contribution in [2.75, 3.05) is 11.9 Å². The van der Waals surface area contributed by atoms with Crippen molar-refractivity contribution in [3.63, 3.8) is 0 Å². The van der Waals surface area contributed by atoms with Gasteiger partial charge in [0.05, 0.1) is 0 Å². The molecule has 0 spiro atoms. The van der Waals surface area contributed by atoms with Crippen LogP contribution in [0.15, 0.2) is 18.2 Å². The highest BCUT2D eigenvalue weighted by atomic mass is 35.5. The number of nitrogens with one attached hydrogen (secondary N) is 1. The van der Waals surface area contributed by atoms with Crippen molar-refractivity contribution >= 4 is 23.2 Å². The Balaban J connectivity index is 2.29. The summed E-state index contributed by atoms with van der Waals surface area (Å²) in [4.78, 5) is 11.7. The molecule has 0 aliphatic rings. The highest BCUT2D eigenvalue weighted by Gasteiger charge is 2.03. The van der Waals surface area contributed by atoms with Gasteiger partial charge in [-0.3, -0.25) is 4.79 Å². The molecular weight excluding hydrogens is 248 g/mol. The van der Waals surface area contributed by atoms with Crippen LogP contribution < -0.4 is 11.1 Å². The quantitative estimate of drug-likeness (QED) is 0.744. The summed E-state index contributed by atoms with van der Waals surface area (Å²) in [5.74, 6) is 0.0441. The van der Waals surface area contributed by atoms with Crippen LogP contribution >= 0.6 is 11.6 Å². The third-order valence-electron chi connectivity index (χ3n) is 2.81. The van der Waals surface area contributed by atoms with Crippen LogP contribution in [-0.2, 0) is 4.79 Å². The standard InChI is InChI=1S/C14H21ClN2O/c1-11-7-8-12(10-13(11)15)17-14(18)6-4-2-3-5-9-16/h7-8,10H,2-6,9,16H2,1H3,(H,17,18). The fraction of sp³-hybridized carbons (Fsp3) is 0.500. The van der Waals surface area contributed by atoms with Crippen LogP contribution in [0.5, 0.6) is 0 Å². The molecule has 1 rings (SSSR count). The monoisotopic (exact) mass is 268 g/mol. The lowest BCUT2D eigenvalue weighted by Gasteiger charge is -2.06. The number of aryl methyl sites for hydroxylation is 1. The lowest BCUT2D eigenvalue weighted by molar-refractivity contribution is -0.116. The predicted octanol–water partition coefficient (Wildman–Crippen LogP) is 3.50. The molecule has 0 aromatic heterocycles. The molecule has 0 unspecified atom stereocenters. The molecule has 100 valence electrons. The Morgan fingerprint density at radius 2 is 2.00 bits per heavy atom. The summed E-state index contributed by atoms with van der Waals surface area (Å²) in [6.07, 6.45) is 4.65. The highest BCUT2D eigenvalue weighted by Crippen LogP contribution is 2.20. The number of carbonyl (C=O) groups is 1. The van der Waals surface area contributed by atoms with E-state index >= 15 is 0 Å². The maximum atomic E-state index is 11.7. The van der Waals surface area contributed by atoms with Crippen molar-refractivity contribution in [2.45, 2.75) is 39.0 Å². The molecule has 18 heavy (non-hydrogen) atoms. The van der Waals surface area contributed by atoms with E-state index in [1.54, 1.807) is 6.07 Å². The van der Waals surface area contributed by atoms with E-state index in [0.29, 0.717) is 11.4 Å². The van der Waals surface area contributed by atoms with E-state index in [0.717, 1.165) is 43.5 Å². The van der Waals surface area contributed by atoms with E-state index in [-0.39, 0.29) is 5.91 Å². The molecule has 1 aromatic rings. The van der Waals surface area contributed by atoms with Crippen LogP contribution in [0.2, 0.25) is 5.02 Å². The second kappa shape index (κ2) is 8.11. The van der Waals surface area contributed by atoms with Gasteiger partial charge in [-0.1, -0.05) is 30.5 Å². The lowest BCUT2D eigenvalue weighted by atomic mass is 10.1. The van der Waals surface area contributed by atoms with Gasteiger partial charge in [-0.2, -0.15) is 0 Å². The minimum absolute atomic E-state index is 0.0441. The maximum Gasteiger partial charge on any atom is 0.224 e. The van der Waals surface area contributed by atoms with Crippen LogP contribution in [0.25, 0.3) is 0 Å². The first-order chi connectivity index (χ1) is 8.63. The smallest absolute Gasteiger partial charge is 0.224 e. The van der Waals surface area contributed by atoms with Crippen molar-refractivity contribution in [1.82, 2.24) is 0 Å². The molecule has 0 radical (unpaired) electrons. The topological polar surface area (TPSA) is 55.1 Å². The molecule has 0 saturated carbocycles. The molecule has 0 heterocycles. The van der Waals surface area contributed by atoms with Gasteiger partial charge in [0, 0.05) is 17.1 Å². The first-order valence-corrected chi connectivity index (χ1v) is 6.77. The zero-order valence-electron chi connectivity index (χ0n) is 10.8. The number of amides is 1. The van der Waals surface area contributed by atoms with Crippen molar-refractivity contribution in [1.29, 1.82) is 0 Å². The molecule has 1 aromatic carbocycles. The first kappa shape index (κ1) is 15.0. The fourth-order valence-corrected chi connectivity index (χ4v) is 1.86. The minimum Gasteiger partial charge on any atom is -0.330 e. The lowest BCUT2D eigenvalue weighted by Crippen LogP contribution is -2.11. The second-order valence-corrected chi connectivity index (χ2v) is 4.87. The molecule has 1 amide bonds. The Bertz CT molecular complexity index is 393. The van der Waals surface area contributed by atoms with Crippen molar-refractivity contribution in [3.8, 4) is 0 Å². The van der Waals surface area contributed by atoms with E-state index in [9.17, 15) is 4.79 Å². The van der Waals surface area contributed by atoms with Crippen molar-refractivity contribution in [3.05, 3.63) is 28.8 Å². The predicted molar refractivity (Wildman–Crippen MR) is 77.0 cm³/mol. The van der Waals surface area contributed by atoms with Gasteiger partial charge >= 0.3 is 0 Å². The van der Waals surface area contributed by atoms with Crippen molar-refractivity contribution in [2.24, 2.45) is 5.73 Å². The third kappa shape index (κ3) is 5.52. The Morgan fingerprint density at radius 3 is 2.67 bits per heavy atom. The molecule has 0 aliphatic carbocycles. The van der Waals surface area contributed by atoms with Gasteiger partial charge < -0.3 is 11.1 Å². The molecule has 0 fully saturated rings. The fourth-order valence-electron chi connectivity index (χ4n) is 1.68. The van der Waals surface area contributed by atoms with Gasteiger partial charge in [0.2, 0.25) is 5.91 Å². The zero-order valence-corrected chi connectivity index (χ0v) is 11.6. The molecule has 3 nitrogen and oxygen atoms in total. The number of halogens is 1. The van der Waals surface area contributed by atoms with E-state index in [1.807, 2.05) is 19.1 Å². The van der Waals surface area contributed by atoms with E-state index in [2.05, 4.69) is 5.32 Å². The summed E-state index contributed by atoms with van der Waals surface area (Å²) in [5, 5.41) is 3.53. The number of hydrogen-bond acceptors (Lipinski definition) is 2. The maximum absolute atomic E-state index is 11.7. The van der Waals surface area contributed by atoms with Crippen LogP contribution in [0.3, 0.4) is 0 Å². The first-order valence-electron chi connectivity index (χ1n) is 6.39. The number of nitrogens with two attached hydrogens (primary N) is 1. The zero-order chi connectivity index (χ0) is 13.4. The Labute approximate surface area is 114 Å². The number of carbonyl (C=O) groups excluding carboxylic acids is 1. The number of rotatable bonds is 7. The van der Waals surface area contributed by atoms with Crippen LogP contribution in [0, 0.1) is 6.92 Å².